The fourth-order valence-corrected chi connectivity index (χ4v) is 3.34. The molecule has 0 aliphatic carbocycles. The van der Waals surface area contributed by atoms with E-state index < -0.39 is 15.8 Å². The van der Waals surface area contributed by atoms with Gasteiger partial charge < -0.3 is 10.5 Å². The lowest BCUT2D eigenvalue weighted by Gasteiger charge is -2.11. The summed E-state index contributed by atoms with van der Waals surface area (Å²) in [5.74, 6) is -0.479. The van der Waals surface area contributed by atoms with Crippen LogP contribution < -0.4 is 5.32 Å². The van der Waals surface area contributed by atoms with Crippen molar-refractivity contribution in [3.8, 4) is 0 Å². The van der Waals surface area contributed by atoms with E-state index in [1.807, 2.05) is 0 Å². The average Bonchev–Trinajstić information content (AvgIpc) is 3.08. The molecule has 1 heterocycles. The number of nitrogens with zero attached hydrogens (tertiary/aromatic N) is 4. The van der Waals surface area contributed by atoms with Crippen molar-refractivity contribution >= 4 is 31.7 Å². The predicted octanol–water partition coefficient (Wildman–Crippen LogP) is 1.37. The molecule has 0 aliphatic rings. The quantitative estimate of drug-likeness (QED) is 0.249. The van der Waals surface area contributed by atoms with Crippen LogP contribution >= 0.6 is 15.9 Å². The second-order valence-corrected chi connectivity index (χ2v) is 8.96. The average molecular weight is 464 g/mol. The van der Waals surface area contributed by atoms with Crippen LogP contribution in [0.15, 0.2) is 32.5 Å². The monoisotopic (exact) mass is 463 g/mol. The summed E-state index contributed by atoms with van der Waals surface area (Å²) in [7, 11) is -0.376. The number of hydrogen-bond donors (Lipinski definition) is 2. The number of halogens is 2. The van der Waals surface area contributed by atoms with Gasteiger partial charge in [-0.3, -0.25) is 0 Å². The van der Waals surface area contributed by atoms with E-state index in [1.165, 1.54) is 20.2 Å². The highest BCUT2D eigenvalue weighted by molar-refractivity contribution is 9.10. The lowest BCUT2D eigenvalue weighted by atomic mass is 10.1. The molecule has 0 aliphatic heterocycles. The third kappa shape index (κ3) is 5.79. The molecular formula is C15H19BrFN5O4S. The summed E-state index contributed by atoms with van der Waals surface area (Å²) >= 11 is 3.10. The zero-order valence-electron chi connectivity index (χ0n) is 14.7. The van der Waals surface area contributed by atoms with E-state index in [4.69, 9.17) is 4.63 Å². The third-order valence-electron chi connectivity index (χ3n) is 3.69. The molecule has 12 heteroatoms. The first-order chi connectivity index (χ1) is 12.7. The standard InChI is InChI=1S/C15H19BrFN5O4S/c1-22(2)27(24,25)6-5-18-9-14-15(21-26-20-14)13(19-23)8-10-3-4-12(17)11(16)7-10/h3-4,7,18,23H,5-6,8-9H2,1-2H3/b19-13+. The highest BCUT2D eigenvalue weighted by atomic mass is 79.9. The summed E-state index contributed by atoms with van der Waals surface area (Å²) in [6.07, 6.45) is 0.172. The number of nitrogens with one attached hydrogen (secondary N) is 1. The van der Waals surface area contributed by atoms with Crippen LogP contribution in [0, 0.1) is 5.82 Å². The number of hydrogen-bond acceptors (Lipinski definition) is 8. The Hall–Kier alpha value is -1.89. The maximum absolute atomic E-state index is 13.3. The van der Waals surface area contributed by atoms with Crippen molar-refractivity contribution in [3.05, 3.63) is 45.4 Å². The molecule has 148 valence electrons. The second-order valence-electron chi connectivity index (χ2n) is 5.81. The summed E-state index contributed by atoms with van der Waals surface area (Å²) in [4.78, 5) is 0. The van der Waals surface area contributed by atoms with Crippen molar-refractivity contribution in [2.24, 2.45) is 5.16 Å². The number of benzene rings is 1. The molecule has 27 heavy (non-hydrogen) atoms. The SMILES string of the molecule is CN(C)S(=O)(=O)CCNCc1nonc1/C(Cc1ccc(F)c(Br)c1)=N/O. The van der Waals surface area contributed by atoms with E-state index in [2.05, 4.69) is 36.7 Å². The normalized spacial score (nSPS) is 12.7. The molecule has 0 saturated heterocycles. The Morgan fingerprint density at radius 3 is 2.78 bits per heavy atom. The van der Waals surface area contributed by atoms with Crippen LogP contribution in [-0.4, -0.2) is 60.3 Å². The van der Waals surface area contributed by atoms with Gasteiger partial charge in [-0.05, 0) is 38.8 Å². The molecule has 0 bridgehead atoms. The smallest absolute Gasteiger partial charge is 0.214 e. The minimum atomic E-state index is -3.31. The van der Waals surface area contributed by atoms with Gasteiger partial charge in [0.15, 0.2) is 5.69 Å². The Bertz CT molecular complexity index is 917. The molecule has 9 nitrogen and oxygen atoms in total. The van der Waals surface area contributed by atoms with E-state index >= 15 is 0 Å². The third-order valence-corrected chi connectivity index (χ3v) is 6.13. The van der Waals surface area contributed by atoms with Crippen molar-refractivity contribution in [3.63, 3.8) is 0 Å². The Balaban J connectivity index is 2.02. The number of rotatable bonds is 9. The minimum Gasteiger partial charge on any atom is -0.411 e. The highest BCUT2D eigenvalue weighted by Gasteiger charge is 2.19. The summed E-state index contributed by atoms with van der Waals surface area (Å²) in [6.45, 7) is 0.372. The Labute approximate surface area is 164 Å². The molecule has 0 atom stereocenters. The fraction of sp³-hybridized carbons (Fsp3) is 0.400. The van der Waals surface area contributed by atoms with Crippen LogP contribution in [0.2, 0.25) is 0 Å². The summed E-state index contributed by atoms with van der Waals surface area (Å²) < 4.78 is 43.0. The summed E-state index contributed by atoms with van der Waals surface area (Å²) in [5, 5.41) is 23.0. The summed E-state index contributed by atoms with van der Waals surface area (Å²) in [5.41, 5.74) is 1.48. The first kappa shape index (κ1) is 21.4. The highest BCUT2D eigenvalue weighted by Crippen LogP contribution is 2.18. The van der Waals surface area contributed by atoms with Gasteiger partial charge in [0.1, 0.15) is 17.2 Å². The molecule has 1 aromatic heterocycles. The largest absolute Gasteiger partial charge is 0.411 e. The molecule has 2 rings (SSSR count). The van der Waals surface area contributed by atoms with Gasteiger partial charge in [0.05, 0.1) is 10.2 Å². The molecule has 2 aromatic rings. The van der Waals surface area contributed by atoms with Gasteiger partial charge in [-0.2, -0.15) is 0 Å². The van der Waals surface area contributed by atoms with E-state index in [1.54, 1.807) is 12.1 Å². The first-order valence-electron chi connectivity index (χ1n) is 7.82. The van der Waals surface area contributed by atoms with Crippen molar-refractivity contribution < 1.29 is 22.6 Å². The molecule has 0 spiro atoms. The van der Waals surface area contributed by atoms with Gasteiger partial charge in [0, 0.05) is 33.6 Å². The maximum atomic E-state index is 13.3. The van der Waals surface area contributed by atoms with Crippen LogP contribution in [0.1, 0.15) is 17.0 Å². The zero-order chi connectivity index (χ0) is 20.0. The Morgan fingerprint density at radius 2 is 2.15 bits per heavy atom. The van der Waals surface area contributed by atoms with Crippen LogP contribution in [0.3, 0.4) is 0 Å². The van der Waals surface area contributed by atoms with E-state index in [0.717, 1.165) is 4.31 Å². The topological polar surface area (TPSA) is 121 Å². The van der Waals surface area contributed by atoms with Crippen LogP contribution in [-0.2, 0) is 23.0 Å². The van der Waals surface area contributed by atoms with E-state index in [-0.39, 0.29) is 36.7 Å². The van der Waals surface area contributed by atoms with Gasteiger partial charge in [-0.25, -0.2) is 21.7 Å². The van der Waals surface area contributed by atoms with Gasteiger partial charge in [-0.1, -0.05) is 16.4 Å². The van der Waals surface area contributed by atoms with Gasteiger partial charge >= 0.3 is 0 Å². The number of oxime groups is 1. The maximum Gasteiger partial charge on any atom is 0.214 e. The van der Waals surface area contributed by atoms with Gasteiger partial charge in [0.25, 0.3) is 0 Å². The molecule has 0 amide bonds. The Morgan fingerprint density at radius 1 is 1.41 bits per heavy atom. The van der Waals surface area contributed by atoms with Gasteiger partial charge in [0.2, 0.25) is 10.0 Å². The van der Waals surface area contributed by atoms with Crippen molar-refractivity contribution in [2.45, 2.75) is 13.0 Å². The van der Waals surface area contributed by atoms with Crippen LogP contribution in [0.5, 0.6) is 0 Å². The molecule has 0 radical (unpaired) electrons. The van der Waals surface area contributed by atoms with Gasteiger partial charge in [-0.15, -0.1) is 0 Å². The molecular weight excluding hydrogens is 445 g/mol. The second kappa shape index (κ2) is 9.35. The van der Waals surface area contributed by atoms with Crippen molar-refractivity contribution in [1.82, 2.24) is 19.9 Å². The Kier molecular flexibility index (Phi) is 7.41. The van der Waals surface area contributed by atoms with Crippen molar-refractivity contribution in [1.29, 1.82) is 0 Å². The first-order valence-corrected chi connectivity index (χ1v) is 10.2. The predicted molar refractivity (Wildman–Crippen MR) is 99.6 cm³/mol. The van der Waals surface area contributed by atoms with E-state index in [9.17, 15) is 18.0 Å². The molecule has 0 fully saturated rings. The lowest BCUT2D eigenvalue weighted by molar-refractivity contribution is 0.300. The number of aromatic nitrogens is 2. The molecule has 0 saturated carbocycles. The van der Waals surface area contributed by atoms with Crippen LogP contribution in [0.4, 0.5) is 4.39 Å². The summed E-state index contributed by atoms with van der Waals surface area (Å²) in [6, 6.07) is 4.42. The van der Waals surface area contributed by atoms with Crippen molar-refractivity contribution in [2.75, 3.05) is 26.4 Å². The van der Waals surface area contributed by atoms with E-state index in [0.29, 0.717) is 15.7 Å². The van der Waals surface area contributed by atoms with Crippen LogP contribution in [0.25, 0.3) is 0 Å². The zero-order valence-corrected chi connectivity index (χ0v) is 17.1. The minimum absolute atomic E-state index is 0.0782. The number of sulfonamides is 1. The molecule has 1 aromatic carbocycles. The lowest BCUT2D eigenvalue weighted by Crippen LogP contribution is -2.31. The fourth-order valence-electron chi connectivity index (χ4n) is 2.14. The molecule has 0 unspecified atom stereocenters. The molecule has 2 N–H and O–H groups in total.